The van der Waals surface area contributed by atoms with Crippen LogP contribution in [0.15, 0.2) is 59.1 Å². The summed E-state index contributed by atoms with van der Waals surface area (Å²) in [6.45, 7) is 5.03. The predicted molar refractivity (Wildman–Crippen MR) is 148 cm³/mol. The molecule has 2 aromatic heterocycles. The van der Waals surface area contributed by atoms with E-state index in [4.69, 9.17) is 19.7 Å². The molecule has 3 N–H and O–H groups in total. The monoisotopic (exact) mass is 559 g/mol. The van der Waals surface area contributed by atoms with Crippen molar-refractivity contribution in [1.29, 1.82) is 0 Å². The summed E-state index contributed by atoms with van der Waals surface area (Å²) in [5, 5.41) is 15.5. The highest BCUT2D eigenvalue weighted by atomic mass is 19.1. The van der Waals surface area contributed by atoms with E-state index in [9.17, 15) is 19.1 Å². The maximum atomic E-state index is 13.6. The Kier molecular flexibility index (Phi) is 7.12. The Morgan fingerprint density at radius 1 is 1.17 bits per heavy atom. The topological polar surface area (TPSA) is 138 Å². The minimum atomic E-state index is -1.57. The van der Waals surface area contributed by atoms with Crippen LogP contribution in [0.3, 0.4) is 0 Å². The lowest BCUT2D eigenvalue weighted by atomic mass is 9.81. The number of hydrogen-bond donors (Lipinski definition) is 2. The van der Waals surface area contributed by atoms with Gasteiger partial charge < -0.3 is 24.8 Å². The number of rotatable bonds is 9. The standard InChI is InChI=1S/C31H30FN3O6/c1-17-13-25(41-35-17)21-10-7-19(14-24(21)39-4)23(36)11-12-31(3,38)26-15-22-28(40-16-30(22,2)29(33)37)27(34-26)18-5-8-20(32)9-6-18/h5-10,13-15,38H,11-12,16H2,1-4H3,(H2,33,37)/t30-,31-/m0/s1. The molecule has 5 rings (SSSR count). The highest BCUT2D eigenvalue weighted by Crippen LogP contribution is 2.46. The fourth-order valence-corrected chi connectivity index (χ4v) is 4.85. The number of nitrogens with zero attached hydrogens (tertiary/aromatic N) is 2. The molecule has 0 aliphatic carbocycles. The van der Waals surface area contributed by atoms with Crippen LogP contribution < -0.4 is 15.2 Å². The molecular weight excluding hydrogens is 529 g/mol. The molecular formula is C31H30FN3O6. The summed E-state index contributed by atoms with van der Waals surface area (Å²) in [7, 11) is 1.50. The Morgan fingerprint density at radius 3 is 2.54 bits per heavy atom. The van der Waals surface area contributed by atoms with Crippen LogP contribution in [-0.4, -0.2) is 40.7 Å². The minimum Gasteiger partial charge on any atom is -0.496 e. The van der Waals surface area contributed by atoms with Gasteiger partial charge in [0.05, 0.1) is 24.1 Å². The van der Waals surface area contributed by atoms with Gasteiger partial charge >= 0.3 is 0 Å². The highest BCUT2D eigenvalue weighted by Gasteiger charge is 2.45. The number of Topliss-reactive ketones (excluding diaryl/α,β-unsaturated/α-hetero) is 1. The number of aliphatic hydroxyl groups is 1. The third-order valence-electron chi connectivity index (χ3n) is 7.54. The number of carbonyl (C=O) groups excluding carboxylic acids is 2. The van der Waals surface area contributed by atoms with E-state index >= 15 is 0 Å². The minimum absolute atomic E-state index is 0.00306. The summed E-state index contributed by atoms with van der Waals surface area (Å²) >= 11 is 0. The van der Waals surface area contributed by atoms with Gasteiger partial charge in [-0.3, -0.25) is 9.59 Å². The average molecular weight is 560 g/mol. The Labute approximate surface area is 236 Å². The van der Waals surface area contributed by atoms with E-state index in [-0.39, 0.29) is 30.9 Å². The summed E-state index contributed by atoms with van der Waals surface area (Å²) in [6, 6.07) is 14.1. The van der Waals surface area contributed by atoms with Gasteiger partial charge in [-0.05, 0) is 69.7 Å². The number of amides is 1. The molecule has 0 spiro atoms. The summed E-state index contributed by atoms with van der Waals surface area (Å²) in [4.78, 5) is 30.3. The number of hydrogen-bond acceptors (Lipinski definition) is 8. The third-order valence-corrected chi connectivity index (χ3v) is 7.54. The van der Waals surface area contributed by atoms with E-state index < -0.39 is 22.7 Å². The molecule has 0 saturated heterocycles. The van der Waals surface area contributed by atoms with Gasteiger partial charge in [0, 0.05) is 29.2 Å². The lowest BCUT2D eigenvalue weighted by molar-refractivity contribution is -0.123. The molecule has 0 unspecified atom stereocenters. The SMILES string of the molecule is COc1cc(C(=O)CC[C@](C)(O)c2cc3c(c(-c4ccc(F)cc4)n2)OC[C@]3(C)C(N)=O)ccc1-c1cc(C)no1. The van der Waals surface area contributed by atoms with E-state index in [1.165, 1.54) is 19.2 Å². The number of aryl methyl sites for hydroxylation is 1. The number of fused-ring (bicyclic) bond motifs is 1. The highest BCUT2D eigenvalue weighted by molar-refractivity contribution is 5.97. The Hall–Kier alpha value is -4.57. The lowest BCUT2D eigenvalue weighted by Gasteiger charge is -2.26. The molecule has 9 nitrogen and oxygen atoms in total. The summed E-state index contributed by atoms with van der Waals surface area (Å²) < 4.78 is 30.3. The molecule has 1 aliphatic heterocycles. The molecule has 0 fully saturated rings. The smallest absolute Gasteiger partial charge is 0.231 e. The second-order valence-corrected chi connectivity index (χ2v) is 10.7. The largest absolute Gasteiger partial charge is 0.496 e. The number of primary amides is 1. The number of halogens is 1. The number of pyridine rings is 1. The quantitative estimate of drug-likeness (QED) is 0.277. The van der Waals surface area contributed by atoms with E-state index in [1.807, 2.05) is 6.92 Å². The van der Waals surface area contributed by atoms with Gasteiger partial charge in [-0.2, -0.15) is 0 Å². The van der Waals surface area contributed by atoms with Crippen LogP contribution in [0.2, 0.25) is 0 Å². The number of ketones is 1. The maximum absolute atomic E-state index is 13.6. The van der Waals surface area contributed by atoms with Crippen molar-refractivity contribution in [3.05, 3.63) is 82.9 Å². The zero-order valence-corrected chi connectivity index (χ0v) is 23.2. The number of ether oxygens (including phenoxy) is 2. The fraction of sp³-hybridized carbons (Fsp3) is 0.290. The molecule has 1 aliphatic rings. The van der Waals surface area contributed by atoms with Crippen LogP contribution in [-0.2, 0) is 15.8 Å². The van der Waals surface area contributed by atoms with Crippen molar-refractivity contribution in [2.45, 2.75) is 44.6 Å². The first-order valence-electron chi connectivity index (χ1n) is 13.0. The van der Waals surface area contributed by atoms with Crippen molar-refractivity contribution >= 4 is 11.7 Å². The number of benzene rings is 2. The fourth-order valence-electron chi connectivity index (χ4n) is 4.85. The second kappa shape index (κ2) is 10.4. The van der Waals surface area contributed by atoms with Crippen molar-refractivity contribution in [2.75, 3.05) is 13.7 Å². The zero-order chi connectivity index (χ0) is 29.5. The van der Waals surface area contributed by atoms with Crippen LogP contribution in [0.1, 0.15) is 54.0 Å². The number of aromatic nitrogens is 2. The Morgan fingerprint density at radius 2 is 1.90 bits per heavy atom. The van der Waals surface area contributed by atoms with Crippen molar-refractivity contribution in [2.24, 2.45) is 5.73 Å². The lowest BCUT2D eigenvalue weighted by Crippen LogP contribution is -2.40. The van der Waals surface area contributed by atoms with Crippen LogP contribution in [0.25, 0.3) is 22.6 Å². The van der Waals surface area contributed by atoms with Gasteiger partial charge in [0.2, 0.25) is 5.91 Å². The third kappa shape index (κ3) is 5.18. The van der Waals surface area contributed by atoms with Crippen molar-refractivity contribution in [3.8, 4) is 34.1 Å². The van der Waals surface area contributed by atoms with Crippen LogP contribution in [0.4, 0.5) is 4.39 Å². The molecule has 1 amide bonds. The molecule has 3 heterocycles. The Bertz CT molecular complexity index is 1650. The Balaban J connectivity index is 1.44. The van der Waals surface area contributed by atoms with E-state index in [0.29, 0.717) is 45.2 Å². The van der Waals surface area contributed by atoms with Crippen molar-refractivity contribution in [1.82, 2.24) is 10.1 Å². The van der Waals surface area contributed by atoms with E-state index in [2.05, 4.69) is 10.1 Å². The molecule has 41 heavy (non-hydrogen) atoms. The van der Waals surface area contributed by atoms with E-state index in [1.54, 1.807) is 56.3 Å². The van der Waals surface area contributed by atoms with Gasteiger partial charge in [-0.15, -0.1) is 0 Å². The van der Waals surface area contributed by atoms with Gasteiger partial charge in [0.25, 0.3) is 0 Å². The first-order chi connectivity index (χ1) is 19.4. The number of carbonyl (C=O) groups is 2. The maximum Gasteiger partial charge on any atom is 0.231 e. The normalized spacial score (nSPS) is 17.4. The van der Waals surface area contributed by atoms with Crippen LogP contribution >= 0.6 is 0 Å². The molecule has 0 saturated carbocycles. The summed E-state index contributed by atoms with van der Waals surface area (Å²) in [5.74, 6) is 0.0973. The summed E-state index contributed by atoms with van der Waals surface area (Å²) in [6.07, 6.45) is 0.0190. The van der Waals surface area contributed by atoms with Gasteiger partial charge in [-0.1, -0.05) is 11.2 Å². The van der Waals surface area contributed by atoms with Crippen molar-refractivity contribution < 1.29 is 33.1 Å². The molecule has 10 heteroatoms. The number of methoxy groups -OCH3 is 1. The van der Waals surface area contributed by atoms with Crippen LogP contribution in [0, 0.1) is 12.7 Å². The molecule has 0 bridgehead atoms. The average Bonchev–Trinajstić information content (AvgIpc) is 3.55. The van der Waals surface area contributed by atoms with Gasteiger partial charge in [-0.25, -0.2) is 9.37 Å². The molecule has 0 radical (unpaired) electrons. The van der Waals surface area contributed by atoms with Crippen LogP contribution in [0.5, 0.6) is 11.5 Å². The van der Waals surface area contributed by atoms with Gasteiger partial charge in [0.1, 0.15) is 40.6 Å². The molecule has 212 valence electrons. The van der Waals surface area contributed by atoms with E-state index in [0.717, 1.165) is 5.69 Å². The van der Waals surface area contributed by atoms with Crippen molar-refractivity contribution in [3.63, 3.8) is 0 Å². The predicted octanol–water partition coefficient (Wildman–Crippen LogP) is 4.87. The number of nitrogens with two attached hydrogens (primary N) is 1. The molecule has 2 atom stereocenters. The molecule has 4 aromatic rings. The first kappa shape index (κ1) is 28.0. The molecule has 2 aromatic carbocycles. The second-order valence-electron chi connectivity index (χ2n) is 10.7. The first-order valence-corrected chi connectivity index (χ1v) is 13.0. The van der Waals surface area contributed by atoms with Gasteiger partial charge in [0.15, 0.2) is 11.5 Å². The summed E-state index contributed by atoms with van der Waals surface area (Å²) in [5.41, 5.74) is 6.38. The zero-order valence-electron chi connectivity index (χ0n) is 23.2.